The molecule has 0 saturated carbocycles. The van der Waals surface area contributed by atoms with Gasteiger partial charge >= 0.3 is 0 Å². The average molecular weight is 309 g/mol. The van der Waals surface area contributed by atoms with E-state index in [1.807, 2.05) is 6.20 Å². The molecule has 0 N–H and O–H groups in total. The molecular formula is C18H23N5. The summed E-state index contributed by atoms with van der Waals surface area (Å²) in [5, 5.41) is 8.52. The van der Waals surface area contributed by atoms with Crippen LogP contribution in [0.25, 0.3) is 0 Å². The zero-order valence-corrected chi connectivity index (χ0v) is 13.5. The van der Waals surface area contributed by atoms with Crippen molar-refractivity contribution in [2.45, 2.75) is 38.6 Å². The smallest absolute Gasteiger partial charge is 0.247 e. The summed E-state index contributed by atoms with van der Waals surface area (Å²) in [6.45, 7) is 4.01. The van der Waals surface area contributed by atoms with E-state index in [-0.39, 0.29) is 0 Å². The second-order valence-corrected chi connectivity index (χ2v) is 6.46. The lowest BCUT2D eigenvalue weighted by molar-refractivity contribution is 0.689. The Morgan fingerprint density at radius 1 is 0.826 bits per heavy atom. The highest BCUT2D eigenvalue weighted by Crippen LogP contribution is 2.23. The molecule has 0 unspecified atom stereocenters. The van der Waals surface area contributed by atoms with Crippen molar-refractivity contribution in [2.24, 2.45) is 0 Å². The van der Waals surface area contributed by atoms with Crippen LogP contribution in [0.15, 0.2) is 30.5 Å². The Hall–Kier alpha value is -2.17. The molecule has 1 saturated heterocycles. The molecular weight excluding hydrogens is 286 g/mol. The van der Waals surface area contributed by atoms with Gasteiger partial charge < -0.3 is 9.80 Å². The van der Waals surface area contributed by atoms with Crippen LogP contribution in [0.1, 0.15) is 36.8 Å². The van der Waals surface area contributed by atoms with Gasteiger partial charge in [0.15, 0.2) is 5.82 Å². The maximum Gasteiger partial charge on any atom is 0.247 e. The van der Waals surface area contributed by atoms with Crippen molar-refractivity contribution < 1.29 is 0 Å². The van der Waals surface area contributed by atoms with Gasteiger partial charge in [-0.1, -0.05) is 37.1 Å². The average Bonchev–Trinajstić information content (AvgIpc) is 2.91. The fourth-order valence-corrected chi connectivity index (χ4v) is 3.54. The van der Waals surface area contributed by atoms with Gasteiger partial charge in [0.2, 0.25) is 5.95 Å². The molecule has 2 aliphatic heterocycles. The topological polar surface area (TPSA) is 45.2 Å². The molecule has 3 heterocycles. The van der Waals surface area contributed by atoms with Crippen LogP contribution in [-0.4, -0.2) is 34.8 Å². The van der Waals surface area contributed by atoms with Gasteiger partial charge in [-0.05, 0) is 30.4 Å². The standard InChI is InChI=1S/C18H23N5/c1-2-6-11-22(10-5-1)17-13-19-21-18(20-17)23-12-9-15-7-3-4-8-16(15)14-23/h3-4,7-8,13H,1-2,5-6,9-12,14H2. The molecule has 0 spiro atoms. The molecule has 5 nitrogen and oxygen atoms in total. The van der Waals surface area contributed by atoms with E-state index in [1.54, 1.807) is 0 Å². The third-order valence-electron chi connectivity index (χ3n) is 4.88. The van der Waals surface area contributed by atoms with Gasteiger partial charge in [0.05, 0.1) is 6.20 Å². The van der Waals surface area contributed by atoms with Gasteiger partial charge in [-0.25, -0.2) is 0 Å². The van der Waals surface area contributed by atoms with Crippen LogP contribution >= 0.6 is 0 Å². The minimum absolute atomic E-state index is 0.765. The van der Waals surface area contributed by atoms with E-state index in [2.05, 4.69) is 44.3 Å². The molecule has 0 radical (unpaired) electrons. The van der Waals surface area contributed by atoms with E-state index in [9.17, 15) is 0 Å². The van der Waals surface area contributed by atoms with Crippen LogP contribution in [0.2, 0.25) is 0 Å². The fraction of sp³-hybridized carbons (Fsp3) is 0.500. The van der Waals surface area contributed by atoms with Crippen molar-refractivity contribution in [3.63, 3.8) is 0 Å². The minimum atomic E-state index is 0.765. The molecule has 1 aromatic heterocycles. The first kappa shape index (κ1) is 14.4. The van der Waals surface area contributed by atoms with E-state index in [1.165, 1.54) is 36.8 Å². The zero-order chi connectivity index (χ0) is 15.5. The molecule has 1 fully saturated rings. The van der Waals surface area contributed by atoms with Crippen molar-refractivity contribution in [2.75, 3.05) is 29.4 Å². The predicted octanol–water partition coefficient (Wildman–Crippen LogP) is 2.81. The maximum atomic E-state index is 4.81. The number of nitrogens with zero attached hydrogens (tertiary/aromatic N) is 5. The Balaban J connectivity index is 1.55. The molecule has 23 heavy (non-hydrogen) atoms. The van der Waals surface area contributed by atoms with Crippen LogP contribution in [0.4, 0.5) is 11.8 Å². The SMILES string of the molecule is c1ccc2c(c1)CCN(c1nncc(N3CCCCCC3)n1)C2. The van der Waals surface area contributed by atoms with Crippen LogP contribution < -0.4 is 9.80 Å². The van der Waals surface area contributed by atoms with Gasteiger partial charge in [0.1, 0.15) is 0 Å². The van der Waals surface area contributed by atoms with Crippen molar-refractivity contribution in [1.82, 2.24) is 15.2 Å². The lowest BCUT2D eigenvalue weighted by Crippen LogP contribution is -2.33. The fourth-order valence-electron chi connectivity index (χ4n) is 3.54. The first-order valence-corrected chi connectivity index (χ1v) is 8.66. The van der Waals surface area contributed by atoms with E-state index in [4.69, 9.17) is 4.98 Å². The minimum Gasteiger partial charge on any atom is -0.355 e. The zero-order valence-electron chi connectivity index (χ0n) is 13.5. The summed E-state index contributed by atoms with van der Waals surface area (Å²) in [5.41, 5.74) is 2.82. The van der Waals surface area contributed by atoms with Crippen molar-refractivity contribution >= 4 is 11.8 Å². The Bertz CT molecular complexity index is 664. The van der Waals surface area contributed by atoms with Crippen LogP contribution in [0, 0.1) is 0 Å². The van der Waals surface area contributed by atoms with E-state index in [0.29, 0.717) is 0 Å². The van der Waals surface area contributed by atoms with Gasteiger partial charge in [-0.2, -0.15) is 10.1 Å². The molecule has 2 aliphatic rings. The summed E-state index contributed by atoms with van der Waals surface area (Å²) in [6, 6.07) is 8.65. The lowest BCUT2D eigenvalue weighted by atomic mass is 10.0. The van der Waals surface area contributed by atoms with Gasteiger partial charge in [-0.15, -0.1) is 5.10 Å². The second kappa shape index (κ2) is 6.52. The number of fused-ring (bicyclic) bond motifs is 1. The molecule has 0 bridgehead atoms. The van der Waals surface area contributed by atoms with Gasteiger partial charge in [0, 0.05) is 26.2 Å². The molecule has 0 aliphatic carbocycles. The number of aromatic nitrogens is 3. The highest BCUT2D eigenvalue weighted by atomic mass is 15.3. The van der Waals surface area contributed by atoms with E-state index < -0.39 is 0 Å². The van der Waals surface area contributed by atoms with E-state index in [0.717, 1.165) is 44.4 Å². The summed E-state index contributed by atoms with van der Waals surface area (Å²) in [5.74, 6) is 1.75. The summed E-state index contributed by atoms with van der Waals surface area (Å²) in [6.07, 6.45) is 8.00. The lowest BCUT2D eigenvalue weighted by Gasteiger charge is -2.29. The first-order chi connectivity index (χ1) is 11.4. The highest BCUT2D eigenvalue weighted by Gasteiger charge is 2.20. The Labute approximate surface area is 137 Å². The third-order valence-corrected chi connectivity index (χ3v) is 4.88. The number of rotatable bonds is 2. The quantitative estimate of drug-likeness (QED) is 0.853. The summed E-state index contributed by atoms with van der Waals surface area (Å²) in [7, 11) is 0. The number of benzene rings is 1. The predicted molar refractivity (Wildman–Crippen MR) is 91.7 cm³/mol. The van der Waals surface area contributed by atoms with Crippen molar-refractivity contribution in [1.29, 1.82) is 0 Å². The largest absolute Gasteiger partial charge is 0.355 e. The van der Waals surface area contributed by atoms with Gasteiger partial charge in [0.25, 0.3) is 0 Å². The summed E-state index contributed by atoms with van der Waals surface area (Å²) < 4.78 is 0. The monoisotopic (exact) mass is 309 g/mol. The van der Waals surface area contributed by atoms with Crippen molar-refractivity contribution in [3.8, 4) is 0 Å². The molecule has 120 valence electrons. The summed E-state index contributed by atoms with van der Waals surface area (Å²) >= 11 is 0. The van der Waals surface area contributed by atoms with Crippen molar-refractivity contribution in [3.05, 3.63) is 41.6 Å². The van der Waals surface area contributed by atoms with Crippen LogP contribution in [-0.2, 0) is 13.0 Å². The van der Waals surface area contributed by atoms with Crippen LogP contribution in [0.3, 0.4) is 0 Å². The second-order valence-electron chi connectivity index (χ2n) is 6.46. The summed E-state index contributed by atoms with van der Waals surface area (Å²) in [4.78, 5) is 9.42. The number of anilines is 2. The number of hydrogen-bond acceptors (Lipinski definition) is 5. The Morgan fingerprint density at radius 2 is 1.61 bits per heavy atom. The molecule has 0 atom stereocenters. The highest BCUT2D eigenvalue weighted by molar-refractivity contribution is 5.44. The normalized spacial score (nSPS) is 18.4. The Morgan fingerprint density at radius 3 is 2.43 bits per heavy atom. The van der Waals surface area contributed by atoms with E-state index >= 15 is 0 Å². The van der Waals surface area contributed by atoms with Crippen LogP contribution in [0.5, 0.6) is 0 Å². The molecule has 5 heteroatoms. The Kier molecular flexibility index (Phi) is 4.09. The molecule has 2 aromatic rings. The number of hydrogen-bond donors (Lipinski definition) is 0. The first-order valence-electron chi connectivity index (χ1n) is 8.66. The molecule has 4 rings (SSSR count). The molecule has 1 aromatic carbocycles. The molecule has 0 amide bonds. The van der Waals surface area contributed by atoms with Gasteiger partial charge in [-0.3, -0.25) is 0 Å². The third kappa shape index (κ3) is 3.14. The maximum absolute atomic E-state index is 4.81.